The molecule has 0 saturated heterocycles. The molecule has 22 heavy (non-hydrogen) atoms. The molecule has 1 aliphatic rings. The third-order valence-corrected chi connectivity index (χ3v) is 4.72. The average molecular weight is 316 g/mol. The standard InChI is InChI=1S/C18H20O3S/c1-13-7-6-12-18(2,3)15(13)9-5-4-8-14-10-11-16(22-14)21-17(19)20/h5,9-11H,6-7,12H2,1-3H3,(H,19,20). The van der Waals surface area contributed by atoms with Crippen molar-refractivity contribution in [3.8, 4) is 16.9 Å². The Balaban J connectivity index is 2.07. The van der Waals surface area contributed by atoms with Gasteiger partial charge in [-0.15, -0.1) is 0 Å². The zero-order valence-electron chi connectivity index (χ0n) is 13.1. The molecule has 0 radical (unpaired) electrons. The molecule has 0 amide bonds. The van der Waals surface area contributed by atoms with E-state index in [1.165, 1.54) is 35.3 Å². The van der Waals surface area contributed by atoms with E-state index in [4.69, 9.17) is 5.11 Å². The second-order valence-electron chi connectivity index (χ2n) is 6.02. The van der Waals surface area contributed by atoms with E-state index in [1.807, 2.05) is 6.08 Å². The summed E-state index contributed by atoms with van der Waals surface area (Å²) in [6.07, 6.45) is 6.31. The lowest BCUT2D eigenvalue weighted by Crippen LogP contribution is -2.18. The van der Waals surface area contributed by atoms with Crippen LogP contribution >= 0.6 is 11.3 Å². The van der Waals surface area contributed by atoms with Gasteiger partial charge in [0.1, 0.15) is 0 Å². The van der Waals surface area contributed by atoms with Gasteiger partial charge in [-0.2, -0.15) is 0 Å². The van der Waals surface area contributed by atoms with Gasteiger partial charge in [-0.25, -0.2) is 4.79 Å². The number of ether oxygens (including phenoxy) is 1. The number of rotatable bonds is 2. The van der Waals surface area contributed by atoms with Crippen LogP contribution < -0.4 is 4.74 Å². The van der Waals surface area contributed by atoms with Gasteiger partial charge in [0, 0.05) is 0 Å². The highest BCUT2D eigenvalue weighted by Crippen LogP contribution is 2.40. The molecule has 0 aromatic carbocycles. The predicted octanol–water partition coefficient (Wildman–Crippen LogP) is 5.24. The second kappa shape index (κ2) is 6.85. The summed E-state index contributed by atoms with van der Waals surface area (Å²) in [5.74, 6) is 6.02. The summed E-state index contributed by atoms with van der Waals surface area (Å²) in [4.78, 5) is 11.2. The Hall–Kier alpha value is -1.99. The molecule has 0 fully saturated rings. The van der Waals surface area contributed by atoms with Crippen molar-refractivity contribution >= 4 is 17.5 Å². The number of carboxylic acid groups (broad SMARTS) is 1. The van der Waals surface area contributed by atoms with Crippen LogP contribution in [0.5, 0.6) is 5.06 Å². The number of thiophene rings is 1. The Morgan fingerprint density at radius 3 is 2.91 bits per heavy atom. The van der Waals surface area contributed by atoms with Crippen LogP contribution in [0.4, 0.5) is 4.79 Å². The third kappa shape index (κ3) is 4.25. The Labute approximate surface area is 135 Å². The fourth-order valence-electron chi connectivity index (χ4n) is 2.78. The first-order chi connectivity index (χ1) is 10.4. The number of hydrogen-bond donors (Lipinski definition) is 1. The lowest BCUT2D eigenvalue weighted by Gasteiger charge is -2.32. The highest BCUT2D eigenvalue weighted by Gasteiger charge is 2.26. The highest BCUT2D eigenvalue weighted by atomic mass is 32.1. The third-order valence-electron chi connectivity index (χ3n) is 3.84. The molecule has 1 aromatic heterocycles. The van der Waals surface area contributed by atoms with Crippen LogP contribution in [-0.4, -0.2) is 11.3 Å². The molecule has 3 nitrogen and oxygen atoms in total. The van der Waals surface area contributed by atoms with Crippen LogP contribution in [-0.2, 0) is 0 Å². The van der Waals surface area contributed by atoms with Gasteiger partial charge in [0.05, 0.1) is 4.88 Å². The molecule has 1 N–H and O–H groups in total. The minimum Gasteiger partial charge on any atom is -0.449 e. The Morgan fingerprint density at radius 1 is 1.45 bits per heavy atom. The van der Waals surface area contributed by atoms with Crippen LogP contribution in [0.2, 0.25) is 0 Å². The van der Waals surface area contributed by atoms with Gasteiger partial charge in [-0.1, -0.05) is 48.7 Å². The van der Waals surface area contributed by atoms with Gasteiger partial charge in [0.25, 0.3) is 0 Å². The summed E-state index contributed by atoms with van der Waals surface area (Å²) < 4.78 is 4.58. The highest BCUT2D eigenvalue weighted by molar-refractivity contribution is 7.14. The summed E-state index contributed by atoms with van der Waals surface area (Å²) in [6.45, 7) is 6.75. The fraction of sp³-hybridized carbons (Fsp3) is 0.389. The van der Waals surface area contributed by atoms with E-state index in [0.717, 1.165) is 11.3 Å². The van der Waals surface area contributed by atoms with E-state index in [9.17, 15) is 4.79 Å². The van der Waals surface area contributed by atoms with Crippen molar-refractivity contribution in [3.63, 3.8) is 0 Å². The van der Waals surface area contributed by atoms with Gasteiger partial charge >= 0.3 is 6.16 Å². The molecule has 0 saturated carbocycles. The first kappa shape index (κ1) is 16.4. The molecule has 2 rings (SSSR count). The molecule has 1 aromatic rings. The maximum absolute atomic E-state index is 10.4. The Morgan fingerprint density at radius 2 is 2.23 bits per heavy atom. The number of allylic oxidation sites excluding steroid dienone is 4. The molecule has 0 atom stereocenters. The van der Waals surface area contributed by atoms with Gasteiger partial charge < -0.3 is 9.84 Å². The Kier molecular flexibility index (Phi) is 5.10. The minimum atomic E-state index is -1.30. The quantitative estimate of drug-likeness (QED) is 0.599. The van der Waals surface area contributed by atoms with Gasteiger partial charge in [0.15, 0.2) is 5.06 Å². The molecule has 116 valence electrons. The van der Waals surface area contributed by atoms with Gasteiger partial charge in [0.2, 0.25) is 0 Å². The molecule has 4 heteroatoms. The average Bonchev–Trinajstić information content (AvgIpc) is 2.83. The Bertz CT molecular complexity index is 681. The molecule has 0 unspecified atom stereocenters. The fourth-order valence-corrected chi connectivity index (χ4v) is 3.49. The van der Waals surface area contributed by atoms with Crippen molar-refractivity contribution in [1.82, 2.24) is 0 Å². The number of hydrogen-bond acceptors (Lipinski definition) is 3. The summed E-state index contributed by atoms with van der Waals surface area (Å²) in [6, 6.07) is 3.38. The summed E-state index contributed by atoms with van der Waals surface area (Å²) in [5, 5.41) is 8.88. The summed E-state index contributed by atoms with van der Waals surface area (Å²) in [5.41, 5.74) is 3.04. The van der Waals surface area contributed by atoms with Crippen molar-refractivity contribution in [3.05, 3.63) is 40.3 Å². The minimum absolute atomic E-state index is 0.214. The largest absolute Gasteiger partial charge is 0.512 e. The summed E-state index contributed by atoms with van der Waals surface area (Å²) in [7, 11) is 0. The van der Waals surface area contributed by atoms with Crippen molar-refractivity contribution in [2.24, 2.45) is 5.41 Å². The van der Waals surface area contributed by atoms with Crippen LogP contribution in [0.1, 0.15) is 44.9 Å². The van der Waals surface area contributed by atoms with Crippen molar-refractivity contribution < 1.29 is 14.6 Å². The van der Waals surface area contributed by atoms with E-state index in [-0.39, 0.29) is 5.41 Å². The normalized spacial score (nSPS) is 17.2. The topological polar surface area (TPSA) is 46.5 Å². The molecule has 0 spiro atoms. The van der Waals surface area contributed by atoms with Crippen LogP contribution in [0.25, 0.3) is 0 Å². The van der Waals surface area contributed by atoms with E-state index >= 15 is 0 Å². The summed E-state index contributed by atoms with van der Waals surface area (Å²) >= 11 is 1.23. The van der Waals surface area contributed by atoms with E-state index < -0.39 is 6.16 Å². The predicted molar refractivity (Wildman–Crippen MR) is 89.3 cm³/mol. The molecular formula is C18H20O3S. The smallest absolute Gasteiger partial charge is 0.449 e. The van der Waals surface area contributed by atoms with Crippen LogP contribution in [0.15, 0.2) is 35.4 Å². The van der Waals surface area contributed by atoms with Crippen LogP contribution in [0, 0.1) is 17.3 Å². The molecule has 1 heterocycles. The zero-order valence-corrected chi connectivity index (χ0v) is 13.9. The first-order valence-corrected chi connectivity index (χ1v) is 8.09. The van der Waals surface area contributed by atoms with E-state index in [1.54, 1.807) is 12.1 Å². The van der Waals surface area contributed by atoms with Crippen molar-refractivity contribution in [1.29, 1.82) is 0 Å². The lowest BCUT2D eigenvalue weighted by molar-refractivity contribution is 0.146. The maximum Gasteiger partial charge on any atom is 0.512 e. The van der Waals surface area contributed by atoms with Gasteiger partial charge in [-0.3, -0.25) is 0 Å². The van der Waals surface area contributed by atoms with Crippen molar-refractivity contribution in [2.45, 2.75) is 40.0 Å². The number of carbonyl (C=O) groups is 1. The monoisotopic (exact) mass is 316 g/mol. The zero-order chi connectivity index (χ0) is 16.2. The van der Waals surface area contributed by atoms with Crippen LogP contribution in [0.3, 0.4) is 0 Å². The lowest BCUT2D eigenvalue weighted by atomic mass is 9.73. The molecule has 0 bridgehead atoms. The molecule has 0 aliphatic heterocycles. The SMILES string of the molecule is CC1=C(C=CC#Cc2ccc(OC(=O)O)s2)C(C)(C)CCC1. The van der Waals surface area contributed by atoms with E-state index in [0.29, 0.717) is 5.06 Å². The van der Waals surface area contributed by atoms with Gasteiger partial charge in [-0.05, 0) is 55.4 Å². The van der Waals surface area contributed by atoms with Crippen molar-refractivity contribution in [2.75, 3.05) is 0 Å². The first-order valence-electron chi connectivity index (χ1n) is 7.27. The second-order valence-corrected chi connectivity index (χ2v) is 7.07. The molecule has 1 aliphatic carbocycles. The molecular weight excluding hydrogens is 296 g/mol. The maximum atomic E-state index is 10.4. The van der Waals surface area contributed by atoms with E-state index in [2.05, 4.69) is 43.4 Å².